The lowest BCUT2D eigenvalue weighted by Crippen LogP contribution is -2.08. The van der Waals surface area contributed by atoms with Gasteiger partial charge in [-0.1, -0.05) is 6.07 Å². The van der Waals surface area contributed by atoms with Crippen molar-refractivity contribution in [1.82, 2.24) is 9.97 Å². The Morgan fingerprint density at radius 1 is 1.50 bits per heavy atom. The molecule has 0 saturated heterocycles. The molecule has 1 heterocycles. The van der Waals surface area contributed by atoms with E-state index in [1.165, 1.54) is 12.1 Å². The lowest BCUT2D eigenvalue weighted by Gasteiger charge is -2.06. The van der Waals surface area contributed by atoms with Crippen molar-refractivity contribution >= 4 is 11.4 Å². The van der Waals surface area contributed by atoms with Gasteiger partial charge in [-0.05, 0) is 12.1 Å². The molecule has 0 unspecified atom stereocenters. The van der Waals surface area contributed by atoms with Crippen LogP contribution in [0.5, 0.6) is 0 Å². The first-order valence-electron chi connectivity index (χ1n) is 5.32. The van der Waals surface area contributed by atoms with Crippen LogP contribution < -0.4 is 5.32 Å². The van der Waals surface area contributed by atoms with Gasteiger partial charge in [-0.15, -0.1) is 0 Å². The Hall–Kier alpha value is -2.44. The lowest BCUT2D eigenvalue weighted by atomic mass is 10.2. The number of nitrogens with zero attached hydrogens (tertiary/aromatic N) is 2. The van der Waals surface area contributed by atoms with E-state index >= 15 is 0 Å². The number of anilines is 1. The summed E-state index contributed by atoms with van der Waals surface area (Å²) in [5.74, 6) is -0.841. The first-order valence-corrected chi connectivity index (χ1v) is 5.32. The molecule has 0 radical (unpaired) electrons. The van der Waals surface area contributed by atoms with Crippen molar-refractivity contribution < 1.29 is 9.31 Å². The van der Waals surface area contributed by atoms with Gasteiger partial charge in [-0.3, -0.25) is 10.1 Å². The third kappa shape index (κ3) is 2.62. The van der Waals surface area contributed by atoms with Crippen LogP contribution in [0.1, 0.15) is 5.69 Å². The molecule has 18 heavy (non-hydrogen) atoms. The lowest BCUT2D eigenvalue weighted by molar-refractivity contribution is -0.386. The molecule has 0 bridgehead atoms. The third-order valence-electron chi connectivity index (χ3n) is 2.43. The second-order valence-electron chi connectivity index (χ2n) is 3.65. The summed E-state index contributed by atoms with van der Waals surface area (Å²) < 4.78 is 13.3. The molecule has 6 nitrogen and oxygen atoms in total. The molecular formula is C11H11FN4O2. The number of aromatic amines is 1. The minimum atomic E-state index is -0.841. The molecule has 0 fully saturated rings. The molecule has 7 heteroatoms. The zero-order valence-corrected chi connectivity index (χ0v) is 9.39. The number of rotatable bonds is 5. The maximum atomic E-state index is 13.3. The van der Waals surface area contributed by atoms with Crippen LogP contribution in [0.4, 0.5) is 15.8 Å². The highest BCUT2D eigenvalue weighted by atomic mass is 19.1. The van der Waals surface area contributed by atoms with E-state index in [2.05, 4.69) is 15.3 Å². The smallest absolute Gasteiger partial charge is 0.327 e. The molecule has 0 atom stereocenters. The van der Waals surface area contributed by atoms with Gasteiger partial charge in [0.05, 0.1) is 11.3 Å². The van der Waals surface area contributed by atoms with E-state index in [1.807, 2.05) is 0 Å². The number of nitro groups is 1. The maximum absolute atomic E-state index is 13.3. The number of hydrogen-bond donors (Lipinski definition) is 2. The number of para-hydroxylation sites is 1. The van der Waals surface area contributed by atoms with E-state index in [0.717, 1.165) is 11.8 Å². The first kappa shape index (κ1) is 12.0. The normalized spacial score (nSPS) is 10.3. The van der Waals surface area contributed by atoms with Gasteiger partial charge in [0.25, 0.3) is 0 Å². The zero-order valence-electron chi connectivity index (χ0n) is 9.39. The van der Waals surface area contributed by atoms with Crippen molar-refractivity contribution in [3.8, 4) is 0 Å². The Labute approximate surface area is 102 Å². The van der Waals surface area contributed by atoms with Crippen LogP contribution in [0, 0.1) is 15.9 Å². The summed E-state index contributed by atoms with van der Waals surface area (Å²) in [5, 5.41) is 13.6. The molecule has 94 valence electrons. The van der Waals surface area contributed by atoms with Gasteiger partial charge in [0.1, 0.15) is 5.69 Å². The van der Waals surface area contributed by atoms with E-state index in [-0.39, 0.29) is 5.69 Å². The molecule has 0 aliphatic heterocycles. The van der Waals surface area contributed by atoms with Crippen LogP contribution in [0.15, 0.2) is 30.7 Å². The van der Waals surface area contributed by atoms with Crippen molar-refractivity contribution in [2.24, 2.45) is 0 Å². The third-order valence-corrected chi connectivity index (χ3v) is 2.43. The van der Waals surface area contributed by atoms with Crippen LogP contribution >= 0.6 is 0 Å². The van der Waals surface area contributed by atoms with E-state index < -0.39 is 16.4 Å². The Morgan fingerprint density at radius 3 is 3.00 bits per heavy atom. The van der Waals surface area contributed by atoms with Gasteiger partial charge in [0.2, 0.25) is 5.82 Å². The van der Waals surface area contributed by atoms with Crippen molar-refractivity contribution in [3.05, 3.63) is 52.3 Å². The standard InChI is InChI=1S/C11H11FN4O2/c12-9-2-1-3-10(11(9)16(17)18)14-5-4-8-6-13-7-15-8/h1-3,6-7,14H,4-5H2,(H,13,15). The van der Waals surface area contributed by atoms with Crippen LogP contribution in [0.3, 0.4) is 0 Å². The fourth-order valence-electron chi connectivity index (χ4n) is 1.60. The molecule has 0 aliphatic carbocycles. The average Bonchev–Trinajstić information content (AvgIpc) is 2.81. The van der Waals surface area contributed by atoms with E-state index in [4.69, 9.17) is 0 Å². The Kier molecular flexibility index (Phi) is 3.52. The summed E-state index contributed by atoms with van der Waals surface area (Å²) in [5.41, 5.74) is 0.559. The molecular weight excluding hydrogens is 239 g/mol. The van der Waals surface area contributed by atoms with Crippen LogP contribution in [0.25, 0.3) is 0 Å². The number of benzene rings is 1. The van der Waals surface area contributed by atoms with Gasteiger partial charge in [0, 0.05) is 24.9 Å². The second-order valence-corrected chi connectivity index (χ2v) is 3.65. The number of halogens is 1. The highest BCUT2D eigenvalue weighted by Gasteiger charge is 2.19. The highest BCUT2D eigenvalue weighted by Crippen LogP contribution is 2.26. The number of aromatic nitrogens is 2. The first-order chi connectivity index (χ1) is 8.68. The summed E-state index contributed by atoms with van der Waals surface area (Å²) in [7, 11) is 0. The fourth-order valence-corrected chi connectivity index (χ4v) is 1.60. The van der Waals surface area contributed by atoms with Crippen LogP contribution in [0.2, 0.25) is 0 Å². The largest absolute Gasteiger partial charge is 0.379 e. The number of imidazole rings is 1. The quantitative estimate of drug-likeness (QED) is 0.628. The second kappa shape index (κ2) is 5.26. The molecule has 2 aromatic rings. The van der Waals surface area contributed by atoms with Crippen molar-refractivity contribution in [1.29, 1.82) is 0 Å². The SMILES string of the molecule is O=[N+]([O-])c1c(F)cccc1NCCc1cnc[nH]1. The number of nitro benzene ring substituents is 1. The van der Waals surface area contributed by atoms with Crippen LogP contribution in [-0.2, 0) is 6.42 Å². The Morgan fingerprint density at radius 2 is 2.33 bits per heavy atom. The highest BCUT2D eigenvalue weighted by molar-refractivity contribution is 5.61. The molecule has 0 spiro atoms. The zero-order chi connectivity index (χ0) is 13.0. The average molecular weight is 250 g/mol. The molecule has 0 saturated carbocycles. The minimum absolute atomic E-state index is 0.180. The fraction of sp³-hybridized carbons (Fsp3) is 0.182. The summed E-state index contributed by atoms with van der Waals surface area (Å²) in [4.78, 5) is 16.8. The number of nitrogens with one attached hydrogen (secondary N) is 2. The summed E-state index contributed by atoms with van der Waals surface area (Å²) in [6.45, 7) is 0.451. The van der Waals surface area contributed by atoms with Gasteiger partial charge in [-0.25, -0.2) is 4.98 Å². The van der Waals surface area contributed by atoms with Gasteiger partial charge in [0.15, 0.2) is 0 Å². The number of hydrogen-bond acceptors (Lipinski definition) is 4. The summed E-state index contributed by atoms with van der Waals surface area (Å²) >= 11 is 0. The predicted molar refractivity (Wildman–Crippen MR) is 63.8 cm³/mol. The van der Waals surface area contributed by atoms with Crippen LogP contribution in [-0.4, -0.2) is 21.4 Å². The van der Waals surface area contributed by atoms with Crippen molar-refractivity contribution in [2.45, 2.75) is 6.42 Å². The molecule has 0 amide bonds. The van der Waals surface area contributed by atoms with Gasteiger partial charge in [-0.2, -0.15) is 4.39 Å². The maximum Gasteiger partial charge on any atom is 0.327 e. The predicted octanol–water partition coefficient (Wildman–Crippen LogP) is 2.11. The van der Waals surface area contributed by atoms with Crippen molar-refractivity contribution in [2.75, 3.05) is 11.9 Å². The Balaban J connectivity index is 2.05. The van der Waals surface area contributed by atoms with Crippen molar-refractivity contribution in [3.63, 3.8) is 0 Å². The summed E-state index contributed by atoms with van der Waals surface area (Å²) in [6.07, 6.45) is 3.84. The molecule has 1 aromatic heterocycles. The minimum Gasteiger partial charge on any atom is -0.379 e. The van der Waals surface area contributed by atoms with Gasteiger partial charge >= 0.3 is 5.69 Å². The summed E-state index contributed by atoms with van der Waals surface area (Å²) in [6, 6.07) is 3.98. The monoisotopic (exact) mass is 250 g/mol. The molecule has 2 rings (SSSR count). The molecule has 1 aromatic carbocycles. The molecule has 0 aliphatic rings. The van der Waals surface area contributed by atoms with E-state index in [1.54, 1.807) is 12.5 Å². The van der Waals surface area contributed by atoms with E-state index in [9.17, 15) is 14.5 Å². The topological polar surface area (TPSA) is 83.8 Å². The molecule has 2 N–H and O–H groups in total. The Bertz CT molecular complexity index is 542. The van der Waals surface area contributed by atoms with Gasteiger partial charge < -0.3 is 10.3 Å². The van der Waals surface area contributed by atoms with E-state index in [0.29, 0.717) is 13.0 Å². The number of H-pyrrole nitrogens is 1.